The van der Waals surface area contributed by atoms with Gasteiger partial charge in [-0.25, -0.2) is 13.6 Å². The van der Waals surface area contributed by atoms with Gasteiger partial charge in [0.25, 0.3) is 0 Å². The number of hydrogen-bond donors (Lipinski definition) is 1. The van der Waals surface area contributed by atoms with Crippen molar-refractivity contribution in [2.75, 3.05) is 12.4 Å². The largest absolute Gasteiger partial charge is 0.490 e. The van der Waals surface area contributed by atoms with Gasteiger partial charge in [-0.1, -0.05) is 0 Å². The smallest absolute Gasteiger partial charge is 0.209 e. The minimum atomic E-state index is -3.32. The molecule has 0 atom stereocenters. The highest BCUT2D eigenvalue weighted by molar-refractivity contribution is 7.89. The van der Waals surface area contributed by atoms with E-state index in [9.17, 15) is 8.42 Å². The molecule has 0 spiro atoms. The van der Waals surface area contributed by atoms with Crippen molar-refractivity contribution in [1.29, 1.82) is 0 Å². The number of sulfonamides is 1. The van der Waals surface area contributed by atoms with Crippen molar-refractivity contribution in [3.8, 4) is 5.75 Å². The quantitative estimate of drug-likeness (QED) is 0.724. The molecule has 0 radical (unpaired) electrons. The number of nitrogens with two attached hydrogens (primary N) is 1. The minimum absolute atomic E-state index is 0.0400. The van der Waals surface area contributed by atoms with Gasteiger partial charge in [0.1, 0.15) is 0 Å². The Kier molecular flexibility index (Phi) is 5.61. The maximum absolute atomic E-state index is 10.7. The van der Waals surface area contributed by atoms with E-state index in [0.717, 1.165) is 18.6 Å². The molecule has 1 aromatic heterocycles. The van der Waals surface area contributed by atoms with E-state index in [1.165, 1.54) is 0 Å². The molecule has 0 aliphatic carbocycles. The van der Waals surface area contributed by atoms with E-state index in [4.69, 9.17) is 9.88 Å². The van der Waals surface area contributed by atoms with Crippen molar-refractivity contribution in [1.82, 2.24) is 9.78 Å². The Morgan fingerprint density at radius 3 is 2.67 bits per heavy atom. The van der Waals surface area contributed by atoms with Gasteiger partial charge in [0, 0.05) is 6.04 Å². The monoisotopic (exact) mass is 275 g/mol. The molecule has 0 aromatic carbocycles. The molecule has 7 heteroatoms. The summed E-state index contributed by atoms with van der Waals surface area (Å²) in [5.74, 6) is 0.785. The van der Waals surface area contributed by atoms with E-state index in [2.05, 4.69) is 5.10 Å². The minimum Gasteiger partial charge on any atom is -0.490 e. The highest BCUT2D eigenvalue weighted by Crippen LogP contribution is 2.12. The second kappa shape index (κ2) is 6.75. The van der Waals surface area contributed by atoms with Gasteiger partial charge < -0.3 is 4.74 Å². The topological polar surface area (TPSA) is 87.2 Å². The molecule has 0 fully saturated rings. The maximum atomic E-state index is 10.7. The Hall–Kier alpha value is -1.08. The second-order valence-electron chi connectivity index (χ2n) is 4.53. The first-order valence-corrected chi connectivity index (χ1v) is 7.77. The van der Waals surface area contributed by atoms with E-state index in [0.29, 0.717) is 19.1 Å². The van der Waals surface area contributed by atoms with Crippen LogP contribution in [0.4, 0.5) is 0 Å². The van der Waals surface area contributed by atoms with Gasteiger partial charge in [0.05, 0.1) is 24.8 Å². The second-order valence-corrected chi connectivity index (χ2v) is 6.26. The summed E-state index contributed by atoms with van der Waals surface area (Å²) in [5.41, 5.74) is 0. The molecule has 1 aromatic rings. The lowest BCUT2D eigenvalue weighted by Gasteiger charge is -2.04. The Morgan fingerprint density at radius 2 is 2.11 bits per heavy atom. The molecule has 1 rings (SSSR count). The predicted octanol–water partition coefficient (Wildman–Crippen LogP) is 1.30. The number of ether oxygens (including phenoxy) is 1. The third-order valence-electron chi connectivity index (χ3n) is 2.45. The molecular formula is C11H21N3O3S. The van der Waals surface area contributed by atoms with E-state index >= 15 is 0 Å². The van der Waals surface area contributed by atoms with E-state index in [-0.39, 0.29) is 5.75 Å². The van der Waals surface area contributed by atoms with Gasteiger partial charge in [-0.3, -0.25) is 4.68 Å². The standard InChI is InChI=1S/C11H21N3O3S/c1-10(2)14-9-11(8-13-14)17-6-4-3-5-7-18(12,15)16/h8-10H,3-7H2,1-2H3,(H2,12,15,16). The number of unbranched alkanes of at least 4 members (excludes halogenated alkanes) is 2. The van der Waals surface area contributed by atoms with E-state index < -0.39 is 10.0 Å². The molecule has 6 nitrogen and oxygen atoms in total. The zero-order chi connectivity index (χ0) is 13.6. The van der Waals surface area contributed by atoms with Gasteiger partial charge in [-0.05, 0) is 33.1 Å². The van der Waals surface area contributed by atoms with E-state index in [1.54, 1.807) is 6.20 Å². The van der Waals surface area contributed by atoms with Crippen LogP contribution in [0.1, 0.15) is 39.2 Å². The van der Waals surface area contributed by atoms with Crippen LogP contribution in [0.2, 0.25) is 0 Å². The van der Waals surface area contributed by atoms with Gasteiger partial charge in [0.2, 0.25) is 10.0 Å². The molecule has 0 aliphatic heterocycles. The zero-order valence-electron chi connectivity index (χ0n) is 10.9. The summed E-state index contributed by atoms with van der Waals surface area (Å²) < 4.78 is 28.7. The van der Waals surface area contributed by atoms with Crippen LogP contribution in [0.3, 0.4) is 0 Å². The highest BCUT2D eigenvalue weighted by atomic mass is 32.2. The fraction of sp³-hybridized carbons (Fsp3) is 0.727. The van der Waals surface area contributed by atoms with Crippen LogP contribution < -0.4 is 9.88 Å². The molecule has 0 bridgehead atoms. The zero-order valence-corrected chi connectivity index (χ0v) is 11.7. The fourth-order valence-electron chi connectivity index (χ4n) is 1.45. The number of aromatic nitrogens is 2. The Labute approximate surface area is 108 Å². The van der Waals surface area contributed by atoms with Crippen molar-refractivity contribution in [3.63, 3.8) is 0 Å². The van der Waals surface area contributed by atoms with Crippen LogP contribution in [0.15, 0.2) is 12.4 Å². The van der Waals surface area contributed by atoms with Crippen molar-refractivity contribution in [2.45, 2.75) is 39.2 Å². The third kappa shape index (κ3) is 6.02. The fourth-order valence-corrected chi connectivity index (χ4v) is 2.06. The summed E-state index contributed by atoms with van der Waals surface area (Å²) in [5, 5.41) is 9.06. The summed E-state index contributed by atoms with van der Waals surface area (Å²) in [6, 6.07) is 0.317. The molecule has 0 unspecified atom stereocenters. The van der Waals surface area contributed by atoms with Crippen LogP contribution in [0.25, 0.3) is 0 Å². The summed E-state index contributed by atoms with van der Waals surface area (Å²) in [6.07, 6.45) is 5.71. The number of hydrogen-bond acceptors (Lipinski definition) is 4. The Bertz CT molecular complexity index is 454. The van der Waals surface area contributed by atoms with Gasteiger partial charge in [0.15, 0.2) is 5.75 Å². The summed E-state index contributed by atoms with van der Waals surface area (Å²) in [7, 11) is -3.32. The molecule has 0 amide bonds. The molecule has 0 saturated heterocycles. The number of nitrogens with zero attached hydrogens (tertiary/aromatic N) is 2. The molecule has 2 N–H and O–H groups in total. The molecular weight excluding hydrogens is 254 g/mol. The Balaban J connectivity index is 2.14. The lowest BCUT2D eigenvalue weighted by Crippen LogP contribution is -2.16. The lowest BCUT2D eigenvalue weighted by atomic mass is 10.3. The van der Waals surface area contributed by atoms with Crippen molar-refractivity contribution < 1.29 is 13.2 Å². The van der Waals surface area contributed by atoms with Crippen LogP contribution in [-0.4, -0.2) is 30.6 Å². The SMILES string of the molecule is CC(C)n1cc(OCCCCCS(N)(=O)=O)cn1. The first kappa shape index (κ1) is 15.0. The van der Waals surface area contributed by atoms with Gasteiger partial charge in [-0.2, -0.15) is 5.10 Å². The van der Waals surface area contributed by atoms with Crippen molar-refractivity contribution in [3.05, 3.63) is 12.4 Å². The van der Waals surface area contributed by atoms with Gasteiger partial charge in [-0.15, -0.1) is 0 Å². The average molecular weight is 275 g/mol. The highest BCUT2D eigenvalue weighted by Gasteiger charge is 2.03. The maximum Gasteiger partial charge on any atom is 0.209 e. The summed E-state index contributed by atoms with van der Waals surface area (Å²) in [4.78, 5) is 0. The lowest BCUT2D eigenvalue weighted by molar-refractivity contribution is 0.305. The predicted molar refractivity (Wildman–Crippen MR) is 69.9 cm³/mol. The van der Waals surface area contributed by atoms with E-state index in [1.807, 2.05) is 24.7 Å². The first-order chi connectivity index (χ1) is 8.38. The first-order valence-electron chi connectivity index (χ1n) is 6.06. The van der Waals surface area contributed by atoms with Crippen LogP contribution in [0.5, 0.6) is 5.75 Å². The average Bonchev–Trinajstić information content (AvgIpc) is 2.70. The molecule has 18 heavy (non-hydrogen) atoms. The van der Waals surface area contributed by atoms with Crippen molar-refractivity contribution in [2.24, 2.45) is 5.14 Å². The van der Waals surface area contributed by atoms with Gasteiger partial charge >= 0.3 is 0 Å². The summed E-state index contributed by atoms with van der Waals surface area (Å²) in [6.45, 7) is 4.66. The van der Waals surface area contributed by atoms with Crippen LogP contribution in [-0.2, 0) is 10.0 Å². The van der Waals surface area contributed by atoms with Crippen LogP contribution >= 0.6 is 0 Å². The normalized spacial score (nSPS) is 12.0. The number of primary sulfonamides is 1. The summed E-state index contributed by atoms with van der Waals surface area (Å²) >= 11 is 0. The van der Waals surface area contributed by atoms with Crippen molar-refractivity contribution >= 4 is 10.0 Å². The molecule has 1 heterocycles. The van der Waals surface area contributed by atoms with Crippen LogP contribution in [0, 0.1) is 0 Å². The third-order valence-corrected chi connectivity index (χ3v) is 3.31. The Morgan fingerprint density at radius 1 is 1.39 bits per heavy atom. The molecule has 104 valence electrons. The number of rotatable bonds is 8. The molecule has 0 aliphatic rings. The molecule has 0 saturated carbocycles.